The molecule has 37 heavy (non-hydrogen) atoms. The molecule has 0 bridgehead atoms. The Labute approximate surface area is 220 Å². The van der Waals surface area contributed by atoms with Crippen LogP contribution in [0, 0.1) is 6.92 Å². The van der Waals surface area contributed by atoms with Crippen molar-refractivity contribution in [1.29, 1.82) is 0 Å². The molecule has 5 aromatic rings. The van der Waals surface area contributed by atoms with Gasteiger partial charge in [-0.1, -0.05) is 45.8 Å². The van der Waals surface area contributed by atoms with Gasteiger partial charge in [0.15, 0.2) is 6.61 Å². The Kier molecular flexibility index (Phi) is 6.96. The van der Waals surface area contributed by atoms with Gasteiger partial charge >= 0.3 is 0 Å². The molecule has 1 amide bonds. The number of hydrogen-bond donors (Lipinski definition) is 1. The third kappa shape index (κ3) is 5.36. The predicted molar refractivity (Wildman–Crippen MR) is 145 cm³/mol. The Morgan fingerprint density at radius 1 is 1.14 bits per heavy atom. The number of amides is 1. The van der Waals surface area contributed by atoms with Gasteiger partial charge in [-0.2, -0.15) is 10.2 Å². The minimum Gasteiger partial charge on any atom is -0.483 e. The molecule has 5 rings (SSSR count). The lowest BCUT2D eigenvalue weighted by Crippen LogP contribution is -2.25. The summed E-state index contributed by atoms with van der Waals surface area (Å²) >= 11 is 3.51. The molecule has 2 aromatic heterocycles. The number of benzene rings is 3. The lowest BCUT2D eigenvalue weighted by molar-refractivity contribution is -0.123. The number of rotatable bonds is 7. The highest BCUT2D eigenvalue weighted by atomic mass is 79.9. The van der Waals surface area contributed by atoms with Crippen molar-refractivity contribution < 1.29 is 13.9 Å². The number of carbonyl (C=O) groups is 1. The normalized spacial score (nSPS) is 11.2. The largest absolute Gasteiger partial charge is 0.483 e. The summed E-state index contributed by atoms with van der Waals surface area (Å²) in [7, 11) is 0. The number of aromatic nitrogens is 2. The van der Waals surface area contributed by atoms with Crippen LogP contribution in [0.2, 0.25) is 0 Å². The van der Waals surface area contributed by atoms with Crippen molar-refractivity contribution in [2.24, 2.45) is 5.10 Å². The number of carbonyl (C=O) groups excluding carboxylic acids is 1. The fraction of sp³-hybridized carbons (Fsp3) is 0.0714. The molecule has 0 spiro atoms. The maximum Gasteiger partial charge on any atom is 0.277 e. The van der Waals surface area contributed by atoms with Crippen LogP contribution in [-0.4, -0.2) is 28.5 Å². The first kappa shape index (κ1) is 24.2. The van der Waals surface area contributed by atoms with Gasteiger partial charge in [0.25, 0.3) is 5.91 Å². The summed E-state index contributed by atoms with van der Waals surface area (Å²) in [5, 5.41) is 8.80. The Bertz CT molecular complexity index is 1680. The van der Waals surface area contributed by atoms with E-state index in [4.69, 9.17) is 9.15 Å². The summed E-state index contributed by atoms with van der Waals surface area (Å²) in [4.78, 5) is 25.1. The molecule has 0 aliphatic carbocycles. The van der Waals surface area contributed by atoms with Gasteiger partial charge in [-0.05, 0) is 55.5 Å². The van der Waals surface area contributed by atoms with Gasteiger partial charge in [-0.15, -0.1) is 0 Å². The molecule has 0 saturated heterocycles. The van der Waals surface area contributed by atoms with E-state index in [1.54, 1.807) is 29.1 Å². The Hall–Kier alpha value is -4.50. The van der Waals surface area contributed by atoms with Crippen LogP contribution in [0.1, 0.15) is 11.1 Å². The second-order valence-corrected chi connectivity index (χ2v) is 9.12. The number of fused-ring (bicyclic) bond motifs is 1. The third-order valence-electron chi connectivity index (χ3n) is 5.57. The first-order chi connectivity index (χ1) is 18.0. The lowest BCUT2D eigenvalue weighted by Gasteiger charge is -2.13. The van der Waals surface area contributed by atoms with Gasteiger partial charge in [0.05, 0.1) is 34.7 Å². The van der Waals surface area contributed by atoms with E-state index >= 15 is 0 Å². The van der Waals surface area contributed by atoms with Crippen LogP contribution in [0.5, 0.6) is 5.75 Å². The number of aryl methyl sites for hydroxylation is 1. The molecule has 0 fully saturated rings. The zero-order chi connectivity index (χ0) is 25.8. The number of nitrogens with zero attached hydrogens (tertiary/aromatic N) is 3. The highest BCUT2D eigenvalue weighted by Crippen LogP contribution is 2.33. The molecule has 184 valence electrons. The van der Waals surface area contributed by atoms with Crippen LogP contribution in [0.15, 0.2) is 104 Å². The molecule has 0 aliphatic heterocycles. The Morgan fingerprint density at radius 2 is 1.97 bits per heavy atom. The summed E-state index contributed by atoms with van der Waals surface area (Å²) in [5.41, 5.74) is 6.28. The van der Waals surface area contributed by atoms with Crippen LogP contribution in [0.25, 0.3) is 27.9 Å². The van der Waals surface area contributed by atoms with E-state index in [9.17, 15) is 9.59 Å². The first-order valence-corrected chi connectivity index (χ1v) is 12.1. The molecule has 3 aromatic carbocycles. The number of nitrogens with one attached hydrogen (secondary N) is 1. The SMILES string of the molecule is Cc1ccc2occ(/C=N\NC(=O)COc3ccc(Br)cc3-c3ccnn3-c3ccccc3)c(=O)c2c1. The van der Waals surface area contributed by atoms with E-state index in [2.05, 4.69) is 31.6 Å². The zero-order valence-corrected chi connectivity index (χ0v) is 21.3. The van der Waals surface area contributed by atoms with E-state index in [-0.39, 0.29) is 17.6 Å². The van der Waals surface area contributed by atoms with Crippen LogP contribution in [0.3, 0.4) is 0 Å². The van der Waals surface area contributed by atoms with E-state index < -0.39 is 5.91 Å². The van der Waals surface area contributed by atoms with Gasteiger partial charge in [0, 0.05) is 10.0 Å². The molecule has 0 aliphatic rings. The maximum atomic E-state index is 12.7. The quantitative estimate of drug-likeness (QED) is 0.218. The van der Waals surface area contributed by atoms with Crippen LogP contribution >= 0.6 is 15.9 Å². The van der Waals surface area contributed by atoms with Crippen molar-refractivity contribution in [1.82, 2.24) is 15.2 Å². The molecule has 0 atom stereocenters. The Balaban J connectivity index is 1.30. The van der Waals surface area contributed by atoms with Gasteiger partial charge in [0.1, 0.15) is 17.6 Å². The number of hydrazone groups is 1. The molecule has 1 N–H and O–H groups in total. The molecular formula is C28H21BrN4O4. The second-order valence-electron chi connectivity index (χ2n) is 8.21. The van der Waals surface area contributed by atoms with Crippen molar-refractivity contribution in [3.05, 3.63) is 111 Å². The fourth-order valence-corrected chi connectivity index (χ4v) is 4.17. The highest BCUT2D eigenvalue weighted by molar-refractivity contribution is 9.10. The van der Waals surface area contributed by atoms with Crippen molar-refractivity contribution in [3.8, 4) is 22.7 Å². The average molecular weight is 557 g/mol. The fourth-order valence-electron chi connectivity index (χ4n) is 3.81. The van der Waals surface area contributed by atoms with Gasteiger partial charge in [-0.25, -0.2) is 10.1 Å². The Morgan fingerprint density at radius 3 is 2.81 bits per heavy atom. The number of hydrogen-bond acceptors (Lipinski definition) is 6. The monoisotopic (exact) mass is 556 g/mol. The lowest BCUT2D eigenvalue weighted by atomic mass is 10.1. The summed E-state index contributed by atoms with van der Waals surface area (Å²) in [6.45, 7) is 1.61. The van der Waals surface area contributed by atoms with Crippen molar-refractivity contribution >= 4 is 39.0 Å². The topological polar surface area (TPSA) is 98.7 Å². The molecular weight excluding hydrogens is 536 g/mol. The maximum absolute atomic E-state index is 12.7. The second kappa shape index (κ2) is 10.6. The van der Waals surface area contributed by atoms with E-state index in [0.717, 1.165) is 27.0 Å². The number of para-hydroxylation sites is 1. The van der Waals surface area contributed by atoms with E-state index in [0.29, 0.717) is 16.7 Å². The van der Waals surface area contributed by atoms with Crippen LogP contribution < -0.4 is 15.6 Å². The molecule has 0 saturated carbocycles. The average Bonchev–Trinajstić information content (AvgIpc) is 3.40. The minimum absolute atomic E-state index is 0.226. The molecule has 0 unspecified atom stereocenters. The standard InChI is InChI=1S/C28H21BrN4O4/c1-18-7-9-26-23(13-18)28(35)19(16-36-26)15-30-32-27(34)17-37-25-10-8-20(29)14-22(25)24-11-12-31-33(24)21-5-3-2-4-6-21/h2-16H,17H2,1H3,(H,32,34)/b30-15-. The van der Waals surface area contributed by atoms with Crippen molar-refractivity contribution in [2.45, 2.75) is 6.92 Å². The summed E-state index contributed by atoms with van der Waals surface area (Å²) in [6, 6.07) is 22.5. The van der Waals surface area contributed by atoms with Crippen LogP contribution in [-0.2, 0) is 4.79 Å². The number of halogens is 1. The van der Waals surface area contributed by atoms with Gasteiger partial charge < -0.3 is 9.15 Å². The van der Waals surface area contributed by atoms with Gasteiger partial charge in [-0.3, -0.25) is 9.59 Å². The van der Waals surface area contributed by atoms with E-state index in [1.165, 1.54) is 12.5 Å². The first-order valence-electron chi connectivity index (χ1n) is 11.4. The molecule has 9 heteroatoms. The molecule has 0 radical (unpaired) electrons. The van der Waals surface area contributed by atoms with Gasteiger partial charge in [0.2, 0.25) is 5.43 Å². The molecule has 2 heterocycles. The number of ether oxygens (including phenoxy) is 1. The smallest absolute Gasteiger partial charge is 0.277 e. The summed E-state index contributed by atoms with van der Waals surface area (Å²) in [5.74, 6) is 0.0215. The highest BCUT2D eigenvalue weighted by Gasteiger charge is 2.15. The summed E-state index contributed by atoms with van der Waals surface area (Å²) in [6.07, 6.45) is 4.28. The molecule has 8 nitrogen and oxygen atoms in total. The third-order valence-corrected chi connectivity index (χ3v) is 6.06. The zero-order valence-electron chi connectivity index (χ0n) is 19.7. The predicted octanol–water partition coefficient (Wildman–Crippen LogP) is 5.25. The summed E-state index contributed by atoms with van der Waals surface area (Å²) < 4.78 is 14.0. The van der Waals surface area contributed by atoms with Crippen molar-refractivity contribution in [3.63, 3.8) is 0 Å². The minimum atomic E-state index is -0.484. The van der Waals surface area contributed by atoms with E-state index in [1.807, 2.05) is 61.5 Å². The van der Waals surface area contributed by atoms with Crippen LogP contribution in [0.4, 0.5) is 0 Å². The van der Waals surface area contributed by atoms with Crippen molar-refractivity contribution in [2.75, 3.05) is 6.61 Å².